The second-order valence-electron chi connectivity index (χ2n) is 27.9. The summed E-state index contributed by atoms with van der Waals surface area (Å²) in [5.74, 6) is -1.60. The molecule has 0 amide bonds. The Balaban J connectivity index is 4.49. The molecular weight excluding hydrogens is 1390 g/mol. The molecule has 614 valence electrons. The monoisotopic (exact) mass is 1540 g/mol. The van der Waals surface area contributed by atoms with Crippen LogP contribution in [-0.2, 0) is 55.8 Å². The van der Waals surface area contributed by atoms with Gasteiger partial charge in [-0.15, -0.1) is 0 Å². The number of hydrogen-bond donors (Lipinski definition) is 4. The average molecular weight is 1540 g/mol. The largest absolute Gasteiger partial charge is 0.472 e. The lowest BCUT2D eigenvalue weighted by molar-refractivity contribution is -0.161. The van der Waals surface area contributed by atoms with Gasteiger partial charge in [0.25, 0.3) is 0 Å². The van der Waals surface area contributed by atoms with Gasteiger partial charge in [-0.05, 0) is 148 Å². The van der Waals surface area contributed by atoms with Crippen molar-refractivity contribution in [3.8, 4) is 0 Å². The first-order valence-corrected chi connectivity index (χ1v) is 45.1. The number of allylic oxidation sites excluding steroid dienone is 24. The van der Waals surface area contributed by atoms with Crippen molar-refractivity contribution >= 4 is 33.6 Å². The van der Waals surface area contributed by atoms with E-state index in [2.05, 4.69) is 167 Å². The Kier molecular flexibility index (Phi) is 77.5. The molecule has 0 aliphatic rings. The number of aliphatic hydroxyl groups is 2. The zero-order valence-electron chi connectivity index (χ0n) is 67.3. The van der Waals surface area contributed by atoms with E-state index in [0.29, 0.717) is 19.3 Å². The SMILES string of the molecule is CC/C=C\C/C=C\C/C=C\C/C=C\C/C=C\C/C=C\CCCCCCCCCCCCCCCCC(=O)OCC(O)COP(=O)(O)OCC(O)COP(=O)(O)OCC(COC(=O)CCCCCCCCC/C=C\C/C=C\C/C=C\C/C=C\CCCCC)OC(=O)CCCCCCC/C=C\C/C=C\CCCCC. The number of phosphoric acid groups is 2. The number of unbranched alkanes of at least 4 members (excludes halogenated alkanes) is 32. The van der Waals surface area contributed by atoms with E-state index in [9.17, 15) is 43.5 Å². The second-order valence-corrected chi connectivity index (χ2v) is 30.8. The van der Waals surface area contributed by atoms with E-state index < -0.39 is 91.5 Å². The van der Waals surface area contributed by atoms with Crippen LogP contribution in [0.1, 0.15) is 342 Å². The molecule has 18 heteroatoms. The van der Waals surface area contributed by atoms with Crippen molar-refractivity contribution in [1.82, 2.24) is 0 Å². The highest BCUT2D eigenvalue weighted by Crippen LogP contribution is 2.45. The van der Waals surface area contributed by atoms with E-state index in [1.165, 1.54) is 109 Å². The maximum absolute atomic E-state index is 13.0. The average Bonchev–Trinajstić information content (AvgIpc) is 0.908. The van der Waals surface area contributed by atoms with E-state index in [4.69, 9.17) is 32.3 Å². The van der Waals surface area contributed by atoms with Gasteiger partial charge in [0.15, 0.2) is 6.10 Å². The standard InChI is InChI=1S/C89H152O16P2/c1-4-7-10-13-16-19-22-25-28-30-32-34-36-37-38-39-40-41-42-43-44-45-47-49-50-52-55-57-60-63-66-69-72-75-87(92)99-78-84(90)79-101-106(95,96)102-80-85(91)81-103-107(97,98)104-83-86(105-89(94)77-74-71-68-65-62-59-54-27-24-21-18-15-12-9-6-3)82-100-88(93)76-73-70-67-64-61-58-56-53-51-48-46-35-33-31-29-26-23-20-17-14-11-8-5-2/h7,10,16-21,25-29,32-35,37-38,40-41,48,51,54,84-86,90-91H,4-6,8-9,11-15,22-24,30-31,36,39,42-47,49-50,52-53,55-83H2,1-3H3,(H,95,96)(H,97,98)/b10-7-,19-16-,20-17-,21-18-,28-25-,29-26-,34-32-,35-33-,38-37-,41-40-,51-48-,54-27-. The van der Waals surface area contributed by atoms with Gasteiger partial charge in [-0.1, -0.05) is 321 Å². The van der Waals surface area contributed by atoms with Gasteiger partial charge in [0.2, 0.25) is 0 Å². The summed E-state index contributed by atoms with van der Waals surface area (Å²) in [4.78, 5) is 58.7. The molecule has 0 spiro atoms. The Bertz CT molecular complexity index is 2530. The topological polar surface area (TPSA) is 231 Å². The summed E-state index contributed by atoms with van der Waals surface area (Å²) in [7, 11) is -9.80. The zero-order chi connectivity index (χ0) is 78.0. The predicted octanol–water partition coefficient (Wildman–Crippen LogP) is 25.2. The fourth-order valence-corrected chi connectivity index (χ4v) is 12.7. The van der Waals surface area contributed by atoms with Crippen LogP contribution in [0.3, 0.4) is 0 Å². The van der Waals surface area contributed by atoms with Crippen LogP contribution in [0.4, 0.5) is 0 Å². The van der Waals surface area contributed by atoms with Crippen LogP contribution in [0, 0.1) is 0 Å². The smallest absolute Gasteiger partial charge is 0.463 e. The van der Waals surface area contributed by atoms with Crippen molar-refractivity contribution in [3.63, 3.8) is 0 Å². The van der Waals surface area contributed by atoms with E-state index >= 15 is 0 Å². The number of carbonyl (C=O) groups is 3. The summed E-state index contributed by atoms with van der Waals surface area (Å²) < 4.78 is 61.2. The third-order valence-corrected chi connectivity index (χ3v) is 19.4. The lowest BCUT2D eigenvalue weighted by Crippen LogP contribution is -2.30. The first-order valence-electron chi connectivity index (χ1n) is 42.1. The molecule has 0 aromatic carbocycles. The number of ether oxygens (including phenoxy) is 3. The Morgan fingerprint density at radius 2 is 0.495 bits per heavy atom. The van der Waals surface area contributed by atoms with Crippen LogP contribution in [0.15, 0.2) is 146 Å². The number of phosphoric ester groups is 2. The predicted molar refractivity (Wildman–Crippen MR) is 445 cm³/mol. The summed E-state index contributed by atoms with van der Waals surface area (Å²) >= 11 is 0. The molecule has 0 saturated carbocycles. The molecule has 0 fully saturated rings. The van der Waals surface area contributed by atoms with Gasteiger partial charge in [-0.25, -0.2) is 9.13 Å². The van der Waals surface area contributed by atoms with E-state index in [1.54, 1.807) is 0 Å². The molecule has 0 aliphatic heterocycles. The minimum atomic E-state index is -4.94. The Hall–Kier alpha value is -4.57. The molecule has 0 rings (SSSR count). The number of carbonyl (C=O) groups excluding carboxylic acids is 3. The van der Waals surface area contributed by atoms with Gasteiger partial charge in [0, 0.05) is 19.3 Å². The summed E-state index contributed by atoms with van der Waals surface area (Å²) in [6.07, 6.45) is 100. The first kappa shape index (κ1) is 102. The molecule has 0 heterocycles. The quantitative estimate of drug-likeness (QED) is 0.0146. The number of aliphatic hydroxyl groups excluding tert-OH is 2. The van der Waals surface area contributed by atoms with Crippen LogP contribution < -0.4 is 0 Å². The molecule has 107 heavy (non-hydrogen) atoms. The summed E-state index contributed by atoms with van der Waals surface area (Å²) in [6.45, 7) is 2.50. The molecule has 5 atom stereocenters. The number of esters is 3. The Labute approximate surface area is 651 Å². The Morgan fingerprint density at radius 3 is 0.785 bits per heavy atom. The van der Waals surface area contributed by atoms with Crippen LogP contribution in [0.5, 0.6) is 0 Å². The lowest BCUT2D eigenvalue weighted by Gasteiger charge is -2.21. The molecule has 5 unspecified atom stereocenters. The van der Waals surface area contributed by atoms with Gasteiger partial charge >= 0.3 is 33.6 Å². The molecule has 16 nitrogen and oxygen atoms in total. The van der Waals surface area contributed by atoms with Crippen molar-refractivity contribution in [2.24, 2.45) is 0 Å². The number of rotatable bonds is 79. The second kappa shape index (κ2) is 80.9. The fraction of sp³-hybridized carbons (Fsp3) is 0.697. The normalized spacial score (nSPS) is 14.6. The molecule has 0 radical (unpaired) electrons. The van der Waals surface area contributed by atoms with Gasteiger partial charge in [-0.3, -0.25) is 32.5 Å². The van der Waals surface area contributed by atoms with E-state index in [0.717, 1.165) is 173 Å². The summed E-state index contributed by atoms with van der Waals surface area (Å²) in [5.41, 5.74) is 0. The zero-order valence-corrected chi connectivity index (χ0v) is 69.1. The Morgan fingerprint density at radius 1 is 0.271 bits per heavy atom. The van der Waals surface area contributed by atoms with E-state index in [1.807, 2.05) is 0 Å². The van der Waals surface area contributed by atoms with Crippen molar-refractivity contribution in [2.45, 2.75) is 360 Å². The van der Waals surface area contributed by atoms with Crippen LogP contribution in [-0.4, -0.2) is 95.9 Å². The summed E-state index contributed by atoms with van der Waals surface area (Å²) in [6, 6.07) is 0. The lowest BCUT2D eigenvalue weighted by atomic mass is 10.0. The highest BCUT2D eigenvalue weighted by atomic mass is 31.2. The molecule has 0 aliphatic carbocycles. The third kappa shape index (κ3) is 82.2. The highest BCUT2D eigenvalue weighted by Gasteiger charge is 2.29. The van der Waals surface area contributed by atoms with Crippen molar-refractivity contribution in [3.05, 3.63) is 146 Å². The van der Waals surface area contributed by atoms with E-state index in [-0.39, 0.29) is 19.3 Å². The maximum atomic E-state index is 13.0. The molecular formula is C89H152O16P2. The maximum Gasteiger partial charge on any atom is 0.472 e. The third-order valence-electron chi connectivity index (χ3n) is 17.5. The highest BCUT2D eigenvalue weighted by molar-refractivity contribution is 7.47. The van der Waals surface area contributed by atoms with Crippen molar-refractivity contribution in [1.29, 1.82) is 0 Å². The fourth-order valence-electron chi connectivity index (χ4n) is 11.1. The van der Waals surface area contributed by atoms with Crippen LogP contribution >= 0.6 is 15.6 Å². The van der Waals surface area contributed by atoms with Crippen LogP contribution in [0.25, 0.3) is 0 Å². The first-order chi connectivity index (χ1) is 52.2. The minimum absolute atomic E-state index is 0.0837. The van der Waals surface area contributed by atoms with Gasteiger partial charge in [-0.2, -0.15) is 0 Å². The molecule has 0 aromatic rings. The summed E-state index contributed by atoms with van der Waals surface area (Å²) in [5, 5.41) is 20.7. The molecule has 4 N–H and O–H groups in total. The number of hydrogen-bond acceptors (Lipinski definition) is 14. The van der Waals surface area contributed by atoms with Crippen LogP contribution in [0.2, 0.25) is 0 Å². The van der Waals surface area contributed by atoms with Gasteiger partial charge in [0.05, 0.1) is 26.4 Å². The van der Waals surface area contributed by atoms with Crippen molar-refractivity contribution < 1.29 is 75.8 Å². The molecule has 0 saturated heterocycles. The molecule has 0 aromatic heterocycles. The molecule has 0 bridgehead atoms. The minimum Gasteiger partial charge on any atom is -0.463 e. The van der Waals surface area contributed by atoms with Gasteiger partial charge < -0.3 is 34.2 Å². The van der Waals surface area contributed by atoms with Crippen molar-refractivity contribution in [2.75, 3.05) is 39.6 Å². The van der Waals surface area contributed by atoms with Gasteiger partial charge in [0.1, 0.15) is 25.4 Å².